The van der Waals surface area contributed by atoms with Crippen molar-refractivity contribution in [2.24, 2.45) is 5.92 Å². The Hall–Kier alpha value is -1.71. The molecule has 4 heteroatoms. The Kier molecular flexibility index (Phi) is 4.04. The van der Waals surface area contributed by atoms with Crippen LogP contribution in [0.5, 0.6) is 0 Å². The van der Waals surface area contributed by atoms with Crippen molar-refractivity contribution in [3.8, 4) is 0 Å². The molecule has 112 valence electrons. The van der Waals surface area contributed by atoms with Gasteiger partial charge in [-0.25, -0.2) is 4.39 Å². The van der Waals surface area contributed by atoms with Gasteiger partial charge in [-0.2, -0.15) is 0 Å². The Morgan fingerprint density at radius 1 is 1.19 bits per heavy atom. The molecule has 0 bridgehead atoms. The van der Waals surface area contributed by atoms with E-state index in [4.69, 9.17) is 0 Å². The standard InChI is InChI=1S/C17H20FNO2/c18-14-10-15-12(6-7-17(21)19-15)9-13(14)16(20)8-11-4-2-1-3-5-11/h9-11H,1-8H2,(H,19,21). The average molecular weight is 289 g/mol. The zero-order chi connectivity index (χ0) is 14.8. The number of ketones is 1. The van der Waals surface area contributed by atoms with Crippen molar-refractivity contribution in [3.05, 3.63) is 29.1 Å². The molecule has 0 saturated heterocycles. The highest BCUT2D eigenvalue weighted by atomic mass is 19.1. The molecule has 1 N–H and O–H groups in total. The zero-order valence-electron chi connectivity index (χ0n) is 12.1. The summed E-state index contributed by atoms with van der Waals surface area (Å²) in [5, 5.41) is 2.66. The number of nitrogens with one attached hydrogen (secondary N) is 1. The van der Waals surface area contributed by atoms with Gasteiger partial charge in [-0.3, -0.25) is 9.59 Å². The van der Waals surface area contributed by atoms with Gasteiger partial charge in [0.1, 0.15) is 5.82 Å². The number of halogens is 1. The number of aryl methyl sites for hydroxylation is 1. The number of rotatable bonds is 3. The largest absolute Gasteiger partial charge is 0.326 e. The van der Waals surface area contributed by atoms with Crippen molar-refractivity contribution >= 4 is 17.4 Å². The number of benzene rings is 1. The van der Waals surface area contributed by atoms with E-state index in [0.717, 1.165) is 18.4 Å². The van der Waals surface area contributed by atoms with Crippen LogP contribution in [-0.2, 0) is 11.2 Å². The monoisotopic (exact) mass is 289 g/mol. The second kappa shape index (κ2) is 5.96. The van der Waals surface area contributed by atoms with E-state index in [2.05, 4.69) is 5.32 Å². The number of Topliss-reactive ketones (excluding diaryl/α,β-unsaturated/α-hetero) is 1. The van der Waals surface area contributed by atoms with E-state index >= 15 is 0 Å². The lowest BCUT2D eigenvalue weighted by atomic mass is 9.84. The lowest BCUT2D eigenvalue weighted by molar-refractivity contribution is -0.116. The first kappa shape index (κ1) is 14.2. The minimum Gasteiger partial charge on any atom is -0.326 e. The molecule has 1 amide bonds. The molecule has 0 radical (unpaired) electrons. The molecule has 1 aromatic rings. The van der Waals surface area contributed by atoms with Crippen LogP contribution in [0, 0.1) is 11.7 Å². The molecule has 0 aromatic heterocycles. The lowest BCUT2D eigenvalue weighted by Crippen LogP contribution is -2.20. The molecule has 0 spiro atoms. The summed E-state index contributed by atoms with van der Waals surface area (Å²) in [7, 11) is 0. The zero-order valence-corrected chi connectivity index (χ0v) is 12.1. The van der Waals surface area contributed by atoms with Crippen LogP contribution in [0.15, 0.2) is 12.1 Å². The third kappa shape index (κ3) is 3.14. The van der Waals surface area contributed by atoms with Gasteiger partial charge in [0.25, 0.3) is 0 Å². The predicted molar refractivity (Wildman–Crippen MR) is 78.9 cm³/mol. The van der Waals surface area contributed by atoms with Gasteiger partial charge < -0.3 is 5.32 Å². The number of amides is 1. The number of fused-ring (bicyclic) bond motifs is 1. The minimum atomic E-state index is -0.517. The van der Waals surface area contributed by atoms with Crippen molar-refractivity contribution in [2.45, 2.75) is 51.4 Å². The van der Waals surface area contributed by atoms with Crippen LogP contribution < -0.4 is 5.32 Å². The fourth-order valence-electron chi connectivity index (χ4n) is 3.38. The minimum absolute atomic E-state index is 0.0943. The molecule has 1 heterocycles. The third-order valence-corrected chi connectivity index (χ3v) is 4.59. The first-order chi connectivity index (χ1) is 10.1. The van der Waals surface area contributed by atoms with Gasteiger partial charge in [0.05, 0.1) is 5.56 Å². The van der Waals surface area contributed by atoms with Crippen LogP contribution in [0.25, 0.3) is 0 Å². The average Bonchev–Trinajstić information content (AvgIpc) is 2.47. The van der Waals surface area contributed by atoms with Crippen LogP contribution in [0.2, 0.25) is 0 Å². The molecule has 1 aliphatic heterocycles. The van der Waals surface area contributed by atoms with Crippen LogP contribution in [0.3, 0.4) is 0 Å². The molecule has 1 aliphatic carbocycles. The Labute approximate surface area is 123 Å². The van der Waals surface area contributed by atoms with Crippen molar-refractivity contribution < 1.29 is 14.0 Å². The smallest absolute Gasteiger partial charge is 0.224 e. The second-order valence-electron chi connectivity index (χ2n) is 6.17. The van der Waals surface area contributed by atoms with Gasteiger partial charge in [0.15, 0.2) is 5.78 Å². The molecule has 3 nitrogen and oxygen atoms in total. The Balaban J connectivity index is 1.78. The lowest BCUT2D eigenvalue weighted by Gasteiger charge is -2.22. The maximum Gasteiger partial charge on any atom is 0.224 e. The molecule has 0 unspecified atom stereocenters. The van der Waals surface area contributed by atoms with Gasteiger partial charge in [-0.05, 0) is 30.0 Å². The van der Waals surface area contributed by atoms with Crippen molar-refractivity contribution in [1.82, 2.24) is 0 Å². The molecule has 3 rings (SSSR count). The van der Waals surface area contributed by atoms with E-state index < -0.39 is 5.82 Å². The summed E-state index contributed by atoms with van der Waals surface area (Å²) < 4.78 is 14.1. The molecule has 1 aromatic carbocycles. The van der Waals surface area contributed by atoms with Crippen LogP contribution in [0.1, 0.15) is 60.9 Å². The topological polar surface area (TPSA) is 46.2 Å². The SMILES string of the molecule is O=C1CCc2cc(C(=O)CC3CCCCC3)c(F)cc2N1. The highest BCUT2D eigenvalue weighted by molar-refractivity contribution is 5.99. The highest BCUT2D eigenvalue weighted by Crippen LogP contribution is 2.30. The van der Waals surface area contributed by atoms with Gasteiger partial charge >= 0.3 is 0 Å². The molecule has 21 heavy (non-hydrogen) atoms. The predicted octanol–water partition coefficient (Wildman–Crippen LogP) is 3.86. The molecule has 1 fully saturated rings. The summed E-state index contributed by atoms with van der Waals surface area (Å²) in [5.41, 5.74) is 1.57. The first-order valence-electron chi connectivity index (χ1n) is 7.79. The summed E-state index contributed by atoms with van der Waals surface area (Å²) >= 11 is 0. The summed E-state index contributed by atoms with van der Waals surface area (Å²) in [6, 6.07) is 2.93. The number of carbonyl (C=O) groups is 2. The summed E-state index contributed by atoms with van der Waals surface area (Å²) in [6.45, 7) is 0. The normalized spacial score (nSPS) is 19.0. The fraction of sp³-hybridized carbons (Fsp3) is 0.529. The number of hydrogen-bond donors (Lipinski definition) is 1. The second-order valence-corrected chi connectivity index (χ2v) is 6.17. The van der Waals surface area contributed by atoms with Crippen LogP contribution >= 0.6 is 0 Å². The van der Waals surface area contributed by atoms with E-state index in [1.807, 2.05) is 0 Å². The van der Waals surface area contributed by atoms with E-state index in [9.17, 15) is 14.0 Å². The van der Waals surface area contributed by atoms with E-state index in [1.165, 1.54) is 25.3 Å². The fourth-order valence-corrected chi connectivity index (χ4v) is 3.38. The maximum atomic E-state index is 14.1. The quantitative estimate of drug-likeness (QED) is 0.859. The number of hydrogen-bond acceptors (Lipinski definition) is 2. The third-order valence-electron chi connectivity index (χ3n) is 4.59. The van der Waals surface area contributed by atoms with Gasteiger partial charge in [-0.1, -0.05) is 32.1 Å². The summed E-state index contributed by atoms with van der Waals surface area (Å²) in [6.07, 6.45) is 7.18. The molecular weight excluding hydrogens is 269 g/mol. The van der Waals surface area contributed by atoms with Crippen LogP contribution in [0.4, 0.5) is 10.1 Å². The molecule has 2 aliphatic rings. The van der Waals surface area contributed by atoms with Gasteiger partial charge in [-0.15, -0.1) is 0 Å². The van der Waals surface area contributed by atoms with Crippen molar-refractivity contribution in [2.75, 3.05) is 5.32 Å². The molecule has 0 atom stereocenters. The first-order valence-corrected chi connectivity index (χ1v) is 7.79. The summed E-state index contributed by atoms with van der Waals surface area (Å²) in [5.74, 6) is -0.305. The van der Waals surface area contributed by atoms with Gasteiger partial charge in [0.2, 0.25) is 5.91 Å². The number of anilines is 1. The van der Waals surface area contributed by atoms with E-state index in [0.29, 0.717) is 30.9 Å². The highest BCUT2D eigenvalue weighted by Gasteiger charge is 2.23. The van der Waals surface area contributed by atoms with Gasteiger partial charge in [0, 0.05) is 18.5 Å². The Bertz CT molecular complexity index is 576. The molecular formula is C17H20FNO2. The van der Waals surface area contributed by atoms with E-state index in [1.54, 1.807) is 6.07 Å². The van der Waals surface area contributed by atoms with Crippen molar-refractivity contribution in [1.29, 1.82) is 0 Å². The number of carbonyl (C=O) groups excluding carboxylic acids is 2. The summed E-state index contributed by atoms with van der Waals surface area (Å²) in [4.78, 5) is 23.7. The molecule has 1 saturated carbocycles. The van der Waals surface area contributed by atoms with Crippen molar-refractivity contribution in [3.63, 3.8) is 0 Å². The maximum absolute atomic E-state index is 14.1. The van der Waals surface area contributed by atoms with Crippen LogP contribution in [-0.4, -0.2) is 11.7 Å². The Morgan fingerprint density at radius 2 is 1.95 bits per heavy atom. The Morgan fingerprint density at radius 3 is 2.71 bits per heavy atom. The van der Waals surface area contributed by atoms with E-state index in [-0.39, 0.29) is 17.3 Å².